The lowest BCUT2D eigenvalue weighted by Gasteiger charge is -2.22. The van der Waals surface area contributed by atoms with Crippen molar-refractivity contribution in [2.45, 2.75) is 53.1 Å². The maximum absolute atomic E-state index is 11.3. The summed E-state index contributed by atoms with van der Waals surface area (Å²) in [6, 6.07) is 8.85. The lowest BCUT2D eigenvalue weighted by atomic mass is 9.93. The van der Waals surface area contributed by atoms with Crippen LogP contribution in [0.25, 0.3) is 0 Å². The third-order valence-corrected chi connectivity index (χ3v) is 3.67. The van der Waals surface area contributed by atoms with Crippen LogP contribution in [-0.2, 0) is 11.2 Å². The number of hydrogen-bond donors (Lipinski definition) is 2. The number of primary amides is 1. The van der Waals surface area contributed by atoms with Crippen molar-refractivity contribution in [2.75, 3.05) is 0 Å². The van der Waals surface area contributed by atoms with Crippen molar-refractivity contribution in [1.82, 2.24) is 0 Å². The normalized spacial score (nSPS) is 14.6. The van der Waals surface area contributed by atoms with Gasteiger partial charge in [0.1, 0.15) is 6.04 Å². The molecule has 0 bridgehead atoms. The van der Waals surface area contributed by atoms with Crippen molar-refractivity contribution >= 4 is 5.91 Å². The SMILES string of the molecule is CC(C)Cc1ccc([C@H]([NH2+][C@H](C)C(N)=O)C(C)C)cc1. The summed E-state index contributed by atoms with van der Waals surface area (Å²) < 4.78 is 0. The van der Waals surface area contributed by atoms with Crippen LogP contribution in [0.1, 0.15) is 51.8 Å². The maximum atomic E-state index is 11.3. The molecule has 0 aliphatic heterocycles. The minimum Gasteiger partial charge on any atom is -0.365 e. The number of amides is 1. The van der Waals surface area contributed by atoms with Gasteiger partial charge in [-0.25, -0.2) is 0 Å². The summed E-state index contributed by atoms with van der Waals surface area (Å²) in [7, 11) is 0. The molecule has 0 heterocycles. The molecule has 0 radical (unpaired) electrons. The summed E-state index contributed by atoms with van der Waals surface area (Å²) in [5.41, 5.74) is 8.01. The van der Waals surface area contributed by atoms with E-state index >= 15 is 0 Å². The first-order valence-electron chi connectivity index (χ1n) is 7.54. The molecule has 1 aromatic carbocycles. The largest absolute Gasteiger partial charge is 0.365 e. The van der Waals surface area contributed by atoms with Crippen LogP contribution < -0.4 is 11.1 Å². The first kappa shape index (κ1) is 16.7. The van der Waals surface area contributed by atoms with Crippen LogP contribution >= 0.6 is 0 Å². The first-order chi connectivity index (χ1) is 9.31. The number of carbonyl (C=O) groups is 1. The van der Waals surface area contributed by atoms with Gasteiger partial charge < -0.3 is 11.1 Å². The van der Waals surface area contributed by atoms with Crippen LogP contribution in [-0.4, -0.2) is 11.9 Å². The summed E-state index contributed by atoms with van der Waals surface area (Å²) >= 11 is 0. The van der Waals surface area contributed by atoms with Gasteiger partial charge in [0.25, 0.3) is 5.91 Å². The maximum Gasteiger partial charge on any atom is 0.275 e. The van der Waals surface area contributed by atoms with Crippen molar-refractivity contribution in [3.8, 4) is 0 Å². The summed E-state index contributed by atoms with van der Waals surface area (Å²) in [6.45, 7) is 10.7. The topological polar surface area (TPSA) is 59.7 Å². The fourth-order valence-electron chi connectivity index (χ4n) is 2.47. The van der Waals surface area contributed by atoms with Crippen LogP contribution in [0.2, 0.25) is 0 Å². The minimum atomic E-state index is -0.257. The Kier molecular flexibility index (Phi) is 6.21. The van der Waals surface area contributed by atoms with E-state index in [0.29, 0.717) is 11.8 Å². The van der Waals surface area contributed by atoms with E-state index in [1.54, 1.807) is 0 Å². The molecule has 3 nitrogen and oxygen atoms in total. The Morgan fingerprint density at radius 3 is 2.05 bits per heavy atom. The first-order valence-corrected chi connectivity index (χ1v) is 7.54. The minimum absolute atomic E-state index is 0.197. The molecule has 2 atom stereocenters. The summed E-state index contributed by atoms with van der Waals surface area (Å²) in [4.78, 5) is 11.3. The smallest absolute Gasteiger partial charge is 0.275 e. The average molecular weight is 277 g/mol. The van der Waals surface area contributed by atoms with E-state index in [0.717, 1.165) is 6.42 Å². The number of hydrogen-bond acceptors (Lipinski definition) is 1. The molecule has 0 aromatic heterocycles. The lowest BCUT2D eigenvalue weighted by molar-refractivity contribution is -0.719. The third kappa shape index (κ3) is 4.97. The molecule has 0 saturated carbocycles. The van der Waals surface area contributed by atoms with Crippen molar-refractivity contribution < 1.29 is 10.1 Å². The number of rotatable bonds is 7. The van der Waals surface area contributed by atoms with E-state index in [1.807, 2.05) is 6.92 Å². The van der Waals surface area contributed by atoms with Gasteiger partial charge in [-0.1, -0.05) is 52.0 Å². The van der Waals surface area contributed by atoms with Gasteiger partial charge >= 0.3 is 0 Å². The van der Waals surface area contributed by atoms with E-state index < -0.39 is 0 Å². The fourth-order valence-corrected chi connectivity index (χ4v) is 2.47. The van der Waals surface area contributed by atoms with Gasteiger partial charge in [-0.2, -0.15) is 0 Å². The predicted octanol–water partition coefficient (Wildman–Crippen LogP) is 2.02. The second-order valence-electron chi connectivity index (χ2n) is 6.49. The fraction of sp³-hybridized carbons (Fsp3) is 0.588. The van der Waals surface area contributed by atoms with Crippen molar-refractivity contribution in [3.63, 3.8) is 0 Å². The Morgan fingerprint density at radius 2 is 1.65 bits per heavy atom. The Hall–Kier alpha value is -1.35. The van der Waals surface area contributed by atoms with Gasteiger partial charge in [-0.15, -0.1) is 0 Å². The quantitative estimate of drug-likeness (QED) is 0.787. The highest BCUT2D eigenvalue weighted by molar-refractivity contribution is 5.77. The molecule has 0 unspecified atom stereocenters. The average Bonchev–Trinajstić information content (AvgIpc) is 2.35. The van der Waals surface area contributed by atoms with Gasteiger partial charge in [0.15, 0.2) is 6.04 Å². The molecule has 0 saturated heterocycles. The summed E-state index contributed by atoms with van der Waals surface area (Å²) in [6.07, 6.45) is 1.11. The molecule has 1 aromatic rings. The molecule has 4 N–H and O–H groups in total. The van der Waals surface area contributed by atoms with E-state index in [-0.39, 0.29) is 18.0 Å². The van der Waals surface area contributed by atoms with Crippen LogP contribution in [0.4, 0.5) is 0 Å². The molecular formula is C17H29N2O+. The number of quaternary nitrogens is 1. The van der Waals surface area contributed by atoms with Gasteiger partial charge in [-0.05, 0) is 24.8 Å². The molecule has 1 rings (SSSR count). The number of benzene rings is 1. The van der Waals surface area contributed by atoms with Crippen LogP contribution in [0.15, 0.2) is 24.3 Å². The second-order valence-corrected chi connectivity index (χ2v) is 6.49. The molecule has 0 fully saturated rings. The number of nitrogens with two attached hydrogens (primary N) is 2. The molecule has 1 amide bonds. The van der Waals surface area contributed by atoms with Gasteiger partial charge in [0.2, 0.25) is 0 Å². The van der Waals surface area contributed by atoms with Crippen molar-refractivity contribution in [1.29, 1.82) is 0 Å². The van der Waals surface area contributed by atoms with E-state index in [2.05, 4.69) is 57.3 Å². The molecule has 0 spiro atoms. The number of carbonyl (C=O) groups excluding carboxylic acids is 1. The zero-order valence-corrected chi connectivity index (χ0v) is 13.4. The third-order valence-electron chi connectivity index (χ3n) is 3.67. The van der Waals surface area contributed by atoms with Crippen LogP contribution in [0.5, 0.6) is 0 Å². The van der Waals surface area contributed by atoms with E-state index in [4.69, 9.17) is 5.73 Å². The molecule has 0 aliphatic carbocycles. The Bertz CT molecular complexity index is 423. The molecule has 3 heteroatoms. The lowest BCUT2D eigenvalue weighted by Crippen LogP contribution is -2.93. The summed E-state index contributed by atoms with van der Waals surface area (Å²) in [5.74, 6) is 0.864. The second kappa shape index (κ2) is 7.44. The van der Waals surface area contributed by atoms with Crippen LogP contribution in [0.3, 0.4) is 0 Å². The van der Waals surface area contributed by atoms with E-state index in [1.165, 1.54) is 11.1 Å². The Balaban J connectivity index is 2.84. The van der Waals surface area contributed by atoms with E-state index in [9.17, 15) is 4.79 Å². The standard InChI is InChI=1S/C17H28N2O/c1-11(2)10-14-6-8-15(9-7-14)16(12(3)4)19-13(5)17(18)20/h6-9,11-13,16,19H,10H2,1-5H3,(H2,18,20)/p+1/t13-,16-/m1/s1. The zero-order chi connectivity index (χ0) is 15.3. The molecule has 20 heavy (non-hydrogen) atoms. The zero-order valence-electron chi connectivity index (χ0n) is 13.4. The monoisotopic (exact) mass is 277 g/mol. The van der Waals surface area contributed by atoms with Crippen molar-refractivity contribution in [2.24, 2.45) is 17.6 Å². The van der Waals surface area contributed by atoms with Gasteiger partial charge in [0, 0.05) is 11.5 Å². The molecule has 112 valence electrons. The highest BCUT2D eigenvalue weighted by Crippen LogP contribution is 2.19. The highest BCUT2D eigenvalue weighted by atomic mass is 16.1. The highest BCUT2D eigenvalue weighted by Gasteiger charge is 2.24. The predicted molar refractivity (Wildman–Crippen MR) is 83.1 cm³/mol. The van der Waals surface area contributed by atoms with Crippen molar-refractivity contribution in [3.05, 3.63) is 35.4 Å². The molecule has 0 aliphatic rings. The van der Waals surface area contributed by atoms with Gasteiger partial charge in [-0.3, -0.25) is 4.79 Å². The molecular weight excluding hydrogens is 248 g/mol. The summed E-state index contributed by atoms with van der Waals surface area (Å²) in [5, 5.41) is 2.07. The van der Waals surface area contributed by atoms with Gasteiger partial charge in [0.05, 0.1) is 0 Å². The Morgan fingerprint density at radius 1 is 1.10 bits per heavy atom. The Labute approximate surface area is 122 Å². The van der Waals surface area contributed by atoms with Crippen LogP contribution in [0, 0.1) is 11.8 Å².